The third-order valence-electron chi connectivity index (χ3n) is 5.09. The maximum Gasteiger partial charge on any atom is 0.330 e. The average Bonchev–Trinajstić information content (AvgIpc) is 2.93. The second-order valence-corrected chi connectivity index (χ2v) is 6.73. The van der Waals surface area contributed by atoms with Gasteiger partial charge in [0.2, 0.25) is 0 Å². The van der Waals surface area contributed by atoms with Gasteiger partial charge in [-0.3, -0.25) is 9.36 Å². The first-order valence-corrected chi connectivity index (χ1v) is 8.43. The Kier molecular flexibility index (Phi) is 3.66. The molecule has 0 unspecified atom stereocenters. The highest BCUT2D eigenvalue weighted by Gasteiger charge is 2.14. The normalized spacial score (nSPS) is 11.4. The van der Waals surface area contributed by atoms with Crippen molar-refractivity contribution in [2.45, 2.75) is 0 Å². The molecule has 2 aromatic heterocycles. The smallest absolute Gasteiger partial charge is 0.330 e. The number of aryl methyl sites for hydroxylation is 2. The molecular weight excluding hydrogens is 345 g/mol. The lowest BCUT2D eigenvalue weighted by molar-refractivity contribution is 0.629. The molecule has 0 amide bonds. The molecule has 0 spiro atoms. The van der Waals surface area contributed by atoms with Gasteiger partial charge in [-0.25, -0.2) is 9.18 Å². The first-order valence-electron chi connectivity index (χ1n) is 8.43. The SMILES string of the molecule is C=C(c1ccc2c(c1)c1cc(F)ccc1n2C)c1cn(C)c(=O)n(C)c1=O. The summed E-state index contributed by atoms with van der Waals surface area (Å²) in [6.45, 7) is 4.07. The van der Waals surface area contributed by atoms with Crippen LogP contribution < -0.4 is 11.2 Å². The Morgan fingerprint density at radius 2 is 1.56 bits per heavy atom. The van der Waals surface area contributed by atoms with Crippen LogP contribution in [0.15, 0.2) is 58.8 Å². The van der Waals surface area contributed by atoms with Crippen molar-refractivity contribution in [1.29, 1.82) is 0 Å². The fraction of sp³-hybridized carbons (Fsp3) is 0.143. The van der Waals surface area contributed by atoms with Gasteiger partial charge in [0.15, 0.2) is 0 Å². The molecule has 6 heteroatoms. The summed E-state index contributed by atoms with van der Waals surface area (Å²) in [7, 11) is 4.97. The fourth-order valence-electron chi connectivity index (χ4n) is 3.55. The quantitative estimate of drug-likeness (QED) is 0.550. The number of fused-ring (bicyclic) bond motifs is 3. The summed E-state index contributed by atoms with van der Waals surface area (Å²) in [5.41, 5.74) is 2.71. The van der Waals surface area contributed by atoms with E-state index in [0.29, 0.717) is 11.1 Å². The van der Waals surface area contributed by atoms with Crippen LogP contribution in [0.4, 0.5) is 4.39 Å². The zero-order chi connectivity index (χ0) is 19.5. The highest BCUT2D eigenvalue weighted by Crippen LogP contribution is 2.31. The van der Waals surface area contributed by atoms with Crippen molar-refractivity contribution in [2.24, 2.45) is 21.1 Å². The van der Waals surface area contributed by atoms with E-state index in [1.165, 1.54) is 29.9 Å². The summed E-state index contributed by atoms with van der Waals surface area (Å²) in [4.78, 5) is 24.4. The molecule has 0 radical (unpaired) electrons. The van der Waals surface area contributed by atoms with E-state index >= 15 is 0 Å². The number of hydrogen-bond donors (Lipinski definition) is 0. The van der Waals surface area contributed by atoms with E-state index in [2.05, 4.69) is 6.58 Å². The standard InChI is InChI=1S/C21H18FN3O2/c1-12(17-11-23(2)21(27)25(4)20(17)26)13-5-7-18-15(9-13)16-10-14(22)6-8-19(16)24(18)3/h5-11H,1H2,2-4H3. The molecule has 2 aromatic carbocycles. The van der Waals surface area contributed by atoms with Crippen LogP contribution in [-0.2, 0) is 21.1 Å². The summed E-state index contributed by atoms with van der Waals surface area (Å²) in [5, 5.41) is 1.68. The van der Waals surface area contributed by atoms with Crippen LogP contribution in [0.2, 0.25) is 0 Å². The van der Waals surface area contributed by atoms with Gasteiger partial charge in [0.25, 0.3) is 5.56 Å². The van der Waals surface area contributed by atoms with Gasteiger partial charge in [-0.05, 0) is 41.5 Å². The maximum atomic E-state index is 13.8. The van der Waals surface area contributed by atoms with E-state index in [1.54, 1.807) is 13.1 Å². The minimum absolute atomic E-state index is 0.300. The number of rotatable bonds is 2. The molecule has 4 aromatic rings. The number of nitrogens with zero attached hydrogens (tertiary/aromatic N) is 3. The third kappa shape index (κ3) is 2.44. The molecule has 0 saturated heterocycles. The van der Waals surface area contributed by atoms with Gasteiger partial charge < -0.3 is 9.13 Å². The minimum atomic E-state index is -0.396. The average molecular weight is 363 g/mol. The topological polar surface area (TPSA) is 48.9 Å². The number of aromatic nitrogens is 3. The van der Waals surface area contributed by atoms with Crippen LogP contribution in [0, 0.1) is 5.82 Å². The van der Waals surface area contributed by atoms with Crippen LogP contribution >= 0.6 is 0 Å². The van der Waals surface area contributed by atoms with Crippen molar-refractivity contribution in [2.75, 3.05) is 0 Å². The van der Waals surface area contributed by atoms with Crippen molar-refractivity contribution in [3.8, 4) is 0 Å². The van der Waals surface area contributed by atoms with Gasteiger partial charge in [-0.2, -0.15) is 0 Å². The van der Waals surface area contributed by atoms with Crippen LogP contribution in [0.5, 0.6) is 0 Å². The fourth-order valence-corrected chi connectivity index (χ4v) is 3.55. The zero-order valence-corrected chi connectivity index (χ0v) is 15.3. The van der Waals surface area contributed by atoms with Crippen LogP contribution in [0.25, 0.3) is 27.4 Å². The Hall–Kier alpha value is -3.41. The monoisotopic (exact) mass is 363 g/mol. The number of benzene rings is 2. The van der Waals surface area contributed by atoms with E-state index in [-0.39, 0.29) is 5.82 Å². The molecule has 4 rings (SSSR count). The second kappa shape index (κ2) is 5.81. The summed E-state index contributed by atoms with van der Waals surface area (Å²) >= 11 is 0. The Balaban J connectivity index is 1.97. The van der Waals surface area contributed by atoms with E-state index in [9.17, 15) is 14.0 Å². The Morgan fingerprint density at radius 1 is 0.926 bits per heavy atom. The van der Waals surface area contributed by atoms with Crippen molar-refractivity contribution >= 4 is 27.4 Å². The lowest BCUT2D eigenvalue weighted by Gasteiger charge is -2.10. The van der Waals surface area contributed by atoms with Gasteiger partial charge in [0, 0.05) is 49.1 Å². The lowest BCUT2D eigenvalue weighted by Crippen LogP contribution is -2.38. The van der Waals surface area contributed by atoms with Crippen molar-refractivity contribution < 1.29 is 4.39 Å². The first kappa shape index (κ1) is 17.0. The predicted octanol–water partition coefficient (Wildman–Crippen LogP) is 2.93. The molecule has 0 fully saturated rings. The molecule has 136 valence electrons. The first-order chi connectivity index (χ1) is 12.8. The van der Waals surface area contributed by atoms with E-state index in [4.69, 9.17) is 0 Å². The highest BCUT2D eigenvalue weighted by atomic mass is 19.1. The molecule has 27 heavy (non-hydrogen) atoms. The molecule has 0 saturated carbocycles. The van der Waals surface area contributed by atoms with Crippen LogP contribution in [0.3, 0.4) is 0 Å². The molecule has 0 aliphatic rings. The molecule has 5 nitrogen and oxygen atoms in total. The summed E-state index contributed by atoms with van der Waals surface area (Å²) in [5.74, 6) is -0.300. The van der Waals surface area contributed by atoms with E-state index in [1.807, 2.05) is 29.8 Å². The number of halogens is 1. The third-order valence-corrected chi connectivity index (χ3v) is 5.09. The Morgan fingerprint density at radius 3 is 2.26 bits per heavy atom. The summed E-state index contributed by atoms with van der Waals surface area (Å²) in [6, 6.07) is 10.4. The summed E-state index contributed by atoms with van der Waals surface area (Å²) < 4.78 is 18.2. The molecule has 0 aliphatic carbocycles. The van der Waals surface area contributed by atoms with Gasteiger partial charge in [-0.15, -0.1) is 0 Å². The second-order valence-electron chi connectivity index (χ2n) is 6.73. The van der Waals surface area contributed by atoms with E-state index in [0.717, 1.165) is 31.9 Å². The molecule has 0 bridgehead atoms. The Bertz CT molecular complexity index is 1370. The van der Waals surface area contributed by atoms with Gasteiger partial charge >= 0.3 is 5.69 Å². The van der Waals surface area contributed by atoms with Crippen molar-refractivity contribution in [1.82, 2.24) is 13.7 Å². The van der Waals surface area contributed by atoms with Gasteiger partial charge in [0.05, 0.1) is 5.56 Å². The van der Waals surface area contributed by atoms with Gasteiger partial charge in [-0.1, -0.05) is 12.6 Å². The van der Waals surface area contributed by atoms with Gasteiger partial charge in [0.1, 0.15) is 5.82 Å². The molecule has 2 heterocycles. The maximum absolute atomic E-state index is 13.8. The van der Waals surface area contributed by atoms with Crippen LogP contribution in [-0.4, -0.2) is 13.7 Å². The lowest BCUT2D eigenvalue weighted by atomic mass is 9.99. The Labute approximate surface area is 154 Å². The number of hydrogen-bond acceptors (Lipinski definition) is 2. The minimum Gasteiger partial charge on any atom is -0.344 e. The van der Waals surface area contributed by atoms with E-state index < -0.39 is 11.2 Å². The van der Waals surface area contributed by atoms with Crippen LogP contribution in [0.1, 0.15) is 11.1 Å². The zero-order valence-electron chi connectivity index (χ0n) is 15.3. The largest absolute Gasteiger partial charge is 0.344 e. The molecule has 0 N–H and O–H groups in total. The molecule has 0 aliphatic heterocycles. The molecule has 0 atom stereocenters. The molecular formula is C21H18FN3O2. The van der Waals surface area contributed by atoms with Crippen molar-refractivity contribution in [3.05, 3.63) is 87.0 Å². The predicted molar refractivity (Wildman–Crippen MR) is 105 cm³/mol. The highest BCUT2D eigenvalue weighted by molar-refractivity contribution is 6.09. The summed E-state index contributed by atoms with van der Waals surface area (Å²) in [6.07, 6.45) is 1.50. The van der Waals surface area contributed by atoms with Crippen molar-refractivity contribution in [3.63, 3.8) is 0 Å².